The van der Waals surface area contributed by atoms with E-state index in [1.807, 2.05) is 43.3 Å². The van der Waals surface area contributed by atoms with Crippen molar-refractivity contribution in [2.75, 3.05) is 32.1 Å². The molecule has 2 rings (SSSR count). The van der Waals surface area contributed by atoms with E-state index in [1.54, 1.807) is 0 Å². The Morgan fingerprint density at radius 2 is 1.73 bits per heavy atom. The topological polar surface area (TPSA) is 43.8 Å². The van der Waals surface area contributed by atoms with Crippen molar-refractivity contribution in [3.8, 4) is 0 Å². The van der Waals surface area contributed by atoms with Crippen LogP contribution in [0.4, 0.5) is 5.69 Å². The summed E-state index contributed by atoms with van der Waals surface area (Å²) in [6.45, 7) is 3.33. The van der Waals surface area contributed by atoms with Crippen LogP contribution in [0, 0.1) is 5.92 Å². The van der Waals surface area contributed by atoms with Crippen molar-refractivity contribution in [1.82, 2.24) is 4.90 Å². The molecule has 1 aromatic rings. The van der Waals surface area contributed by atoms with Gasteiger partial charge in [-0.05, 0) is 62.8 Å². The first-order chi connectivity index (χ1) is 10.6. The van der Waals surface area contributed by atoms with Crippen LogP contribution >= 0.6 is 0 Å². The van der Waals surface area contributed by atoms with Crippen molar-refractivity contribution in [3.63, 3.8) is 0 Å². The Balaban J connectivity index is 1.98. The zero-order valence-corrected chi connectivity index (χ0v) is 14.0. The SMILES string of the molecule is CCN(C)c1ccc(C(=O)N(C)C2CCC(CO)CC2)cc1. The molecule has 0 spiro atoms. The molecule has 1 saturated carbocycles. The van der Waals surface area contributed by atoms with E-state index in [4.69, 9.17) is 0 Å². The molecule has 1 aromatic carbocycles. The zero-order valence-electron chi connectivity index (χ0n) is 14.0. The minimum absolute atomic E-state index is 0.0955. The van der Waals surface area contributed by atoms with Crippen LogP contribution in [0.2, 0.25) is 0 Å². The van der Waals surface area contributed by atoms with Crippen molar-refractivity contribution < 1.29 is 9.90 Å². The van der Waals surface area contributed by atoms with E-state index in [9.17, 15) is 9.90 Å². The highest BCUT2D eigenvalue weighted by Gasteiger charge is 2.26. The second kappa shape index (κ2) is 7.63. The van der Waals surface area contributed by atoms with Gasteiger partial charge in [0, 0.05) is 44.5 Å². The number of carbonyl (C=O) groups is 1. The Morgan fingerprint density at radius 1 is 1.14 bits per heavy atom. The largest absolute Gasteiger partial charge is 0.396 e. The van der Waals surface area contributed by atoms with Gasteiger partial charge >= 0.3 is 0 Å². The van der Waals surface area contributed by atoms with Crippen LogP contribution in [0.5, 0.6) is 0 Å². The van der Waals surface area contributed by atoms with Gasteiger partial charge in [-0.1, -0.05) is 0 Å². The lowest BCUT2D eigenvalue weighted by atomic mass is 9.86. The van der Waals surface area contributed by atoms with E-state index in [1.165, 1.54) is 0 Å². The fourth-order valence-electron chi connectivity index (χ4n) is 3.13. The van der Waals surface area contributed by atoms with Crippen LogP contribution in [-0.4, -0.2) is 49.2 Å². The quantitative estimate of drug-likeness (QED) is 0.909. The van der Waals surface area contributed by atoms with E-state index in [0.717, 1.165) is 43.5 Å². The first-order valence-corrected chi connectivity index (χ1v) is 8.26. The molecule has 0 aliphatic heterocycles. The smallest absolute Gasteiger partial charge is 0.253 e. The van der Waals surface area contributed by atoms with Crippen molar-refractivity contribution in [3.05, 3.63) is 29.8 Å². The van der Waals surface area contributed by atoms with E-state index in [0.29, 0.717) is 12.0 Å². The van der Waals surface area contributed by atoms with E-state index in [2.05, 4.69) is 11.8 Å². The van der Waals surface area contributed by atoms with Gasteiger partial charge in [-0.25, -0.2) is 0 Å². The summed E-state index contributed by atoms with van der Waals surface area (Å²) in [6, 6.07) is 8.15. The summed E-state index contributed by atoms with van der Waals surface area (Å²) in [5.74, 6) is 0.516. The van der Waals surface area contributed by atoms with Crippen LogP contribution in [0.1, 0.15) is 43.0 Å². The Morgan fingerprint density at radius 3 is 2.23 bits per heavy atom. The highest BCUT2D eigenvalue weighted by Crippen LogP contribution is 2.27. The lowest BCUT2D eigenvalue weighted by Gasteiger charge is -2.34. The molecule has 0 atom stereocenters. The van der Waals surface area contributed by atoms with Crippen molar-refractivity contribution in [2.24, 2.45) is 5.92 Å². The Kier molecular flexibility index (Phi) is 5.83. The fraction of sp³-hybridized carbons (Fsp3) is 0.611. The molecule has 1 aliphatic carbocycles. The van der Waals surface area contributed by atoms with Gasteiger partial charge in [-0.2, -0.15) is 0 Å². The molecular formula is C18H28N2O2. The van der Waals surface area contributed by atoms with Crippen LogP contribution in [0.25, 0.3) is 0 Å². The molecule has 0 bridgehead atoms. The molecule has 0 aromatic heterocycles. The maximum absolute atomic E-state index is 12.6. The average molecular weight is 304 g/mol. The standard InChI is InChI=1S/C18H28N2O2/c1-4-19(2)16-11-7-15(8-12-16)18(22)20(3)17-9-5-14(13-21)6-10-17/h7-8,11-12,14,17,21H,4-6,9-10,13H2,1-3H3. The number of aliphatic hydroxyl groups is 1. The number of hydrogen-bond donors (Lipinski definition) is 1. The first kappa shape index (κ1) is 16.8. The summed E-state index contributed by atoms with van der Waals surface area (Å²) >= 11 is 0. The van der Waals surface area contributed by atoms with Gasteiger partial charge in [-0.3, -0.25) is 4.79 Å². The number of aliphatic hydroxyl groups excluding tert-OH is 1. The summed E-state index contributed by atoms with van der Waals surface area (Å²) < 4.78 is 0. The van der Waals surface area contributed by atoms with Gasteiger partial charge in [0.15, 0.2) is 0 Å². The summed E-state index contributed by atoms with van der Waals surface area (Å²) in [7, 11) is 3.95. The van der Waals surface area contributed by atoms with Gasteiger partial charge in [0.1, 0.15) is 0 Å². The molecule has 1 amide bonds. The molecule has 0 saturated heterocycles. The van der Waals surface area contributed by atoms with Crippen molar-refractivity contribution in [1.29, 1.82) is 0 Å². The van der Waals surface area contributed by atoms with Crippen molar-refractivity contribution in [2.45, 2.75) is 38.6 Å². The van der Waals surface area contributed by atoms with Crippen LogP contribution in [-0.2, 0) is 0 Å². The summed E-state index contributed by atoms with van der Waals surface area (Å²) in [4.78, 5) is 16.6. The molecular weight excluding hydrogens is 276 g/mol. The number of benzene rings is 1. The second-order valence-corrected chi connectivity index (χ2v) is 6.33. The normalized spacial score (nSPS) is 21.5. The third-order valence-corrected chi connectivity index (χ3v) is 4.97. The third-order valence-electron chi connectivity index (χ3n) is 4.97. The van der Waals surface area contributed by atoms with Crippen LogP contribution < -0.4 is 4.90 Å². The summed E-state index contributed by atoms with van der Waals surface area (Å²) in [6.07, 6.45) is 4.01. The minimum atomic E-state index is 0.0955. The maximum Gasteiger partial charge on any atom is 0.253 e. The highest BCUT2D eigenvalue weighted by molar-refractivity contribution is 5.94. The van der Waals surface area contributed by atoms with Crippen LogP contribution in [0.3, 0.4) is 0 Å². The molecule has 0 unspecified atom stereocenters. The van der Waals surface area contributed by atoms with E-state index < -0.39 is 0 Å². The molecule has 1 N–H and O–H groups in total. The molecule has 0 heterocycles. The Hall–Kier alpha value is -1.55. The molecule has 22 heavy (non-hydrogen) atoms. The minimum Gasteiger partial charge on any atom is -0.396 e. The number of carbonyl (C=O) groups excluding carboxylic acids is 1. The Labute approximate surface area is 133 Å². The first-order valence-electron chi connectivity index (χ1n) is 8.26. The predicted octanol–water partition coefficient (Wildman–Crippen LogP) is 2.77. The molecule has 1 aliphatic rings. The number of anilines is 1. The van der Waals surface area contributed by atoms with Crippen molar-refractivity contribution >= 4 is 11.6 Å². The van der Waals surface area contributed by atoms with Gasteiger partial charge in [0.05, 0.1) is 0 Å². The van der Waals surface area contributed by atoms with Gasteiger partial charge in [0.2, 0.25) is 0 Å². The molecule has 0 radical (unpaired) electrons. The van der Waals surface area contributed by atoms with Gasteiger partial charge < -0.3 is 14.9 Å². The molecule has 122 valence electrons. The number of nitrogens with zero attached hydrogens (tertiary/aromatic N) is 2. The van der Waals surface area contributed by atoms with Gasteiger partial charge in [-0.15, -0.1) is 0 Å². The second-order valence-electron chi connectivity index (χ2n) is 6.33. The fourth-order valence-corrected chi connectivity index (χ4v) is 3.13. The van der Waals surface area contributed by atoms with E-state index in [-0.39, 0.29) is 12.5 Å². The molecule has 4 nitrogen and oxygen atoms in total. The lowest BCUT2D eigenvalue weighted by Crippen LogP contribution is -2.39. The monoisotopic (exact) mass is 304 g/mol. The summed E-state index contributed by atoms with van der Waals surface area (Å²) in [5, 5.41) is 9.21. The Bertz CT molecular complexity index is 478. The maximum atomic E-state index is 12.6. The lowest BCUT2D eigenvalue weighted by molar-refractivity contribution is 0.0653. The number of rotatable bonds is 5. The van der Waals surface area contributed by atoms with Gasteiger partial charge in [0.25, 0.3) is 5.91 Å². The predicted molar refractivity (Wildman–Crippen MR) is 90.3 cm³/mol. The number of hydrogen-bond acceptors (Lipinski definition) is 3. The summed E-state index contributed by atoms with van der Waals surface area (Å²) in [5.41, 5.74) is 1.88. The molecule has 1 fully saturated rings. The molecule has 4 heteroatoms. The average Bonchev–Trinajstić information content (AvgIpc) is 2.60. The zero-order chi connectivity index (χ0) is 16.1. The number of amides is 1. The highest BCUT2D eigenvalue weighted by atomic mass is 16.3. The van der Waals surface area contributed by atoms with E-state index >= 15 is 0 Å². The van der Waals surface area contributed by atoms with Crippen LogP contribution in [0.15, 0.2) is 24.3 Å². The third kappa shape index (κ3) is 3.80.